The molecule has 2 aromatic heterocycles. The summed E-state index contributed by atoms with van der Waals surface area (Å²) in [6, 6.07) is 11.5. The van der Waals surface area contributed by atoms with E-state index in [1.54, 1.807) is 24.6 Å². The number of aromatic nitrogens is 4. The molecule has 40 heavy (non-hydrogen) atoms. The average Bonchev–Trinajstić information content (AvgIpc) is 3.63. The van der Waals surface area contributed by atoms with Gasteiger partial charge in [0.2, 0.25) is 12.7 Å². The summed E-state index contributed by atoms with van der Waals surface area (Å²) in [5, 5.41) is 21.0. The highest BCUT2D eigenvalue weighted by Gasteiger charge is 2.23. The zero-order valence-corrected chi connectivity index (χ0v) is 23.5. The lowest BCUT2D eigenvalue weighted by molar-refractivity contribution is -0.688. The number of imidazole rings is 2. The first kappa shape index (κ1) is 27.4. The van der Waals surface area contributed by atoms with Crippen LogP contribution in [0.2, 0.25) is 0 Å². The van der Waals surface area contributed by atoms with Gasteiger partial charge in [-0.3, -0.25) is 9.98 Å². The van der Waals surface area contributed by atoms with Crippen LogP contribution in [0.1, 0.15) is 61.8 Å². The summed E-state index contributed by atoms with van der Waals surface area (Å²) >= 11 is 0. The van der Waals surface area contributed by atoms with Gasteiger partial charge in [-0.25, -0.2) is 18.3 Å². The van der Waals surface area contributed by atoms with Crippen molar-refractivity contribution in [2.24, 2.45) is 9.98 Å². The van der Waals surface area contributed by atoms with Crippen molar-refractivity contribution in [2.45, 2.75) is 77.8 Å². The second kappa shape index (κ2) is 12.8. The summed E-state index contributed by atoms with van der Waals surface area (Å²) in [5.74, 6) is 0.460. The Kier molecular flexibility index (Phi) is 8.74. The molecule has 2 heterocycles. The molecule has 208 valence electrons. The zero-order chi connectivity index (χ0) is 27.9. The van der Waals surface area contributed by atoms with Crippen LogP contribution in [0.15, 0.2) is 83.8 Å². The maximum atomic E-state index is 10.5. The van der Waals surface area contributed by atoms with Crippen molar-refractivity contribution >= 4 is 12.4 Å². The van der Waals surface area contributed by atoms with Gasteiger partial charge in [0.05, 0.1) is 25.2 Å². The number of nitrogens with zero attached hydrogens (tertiary/aromatic N) is 6. The van der Waals surface area contributed by atoms with Crippen molar-refractivity contribution in [2.75, 3.05) is 0 Å². The molecule has 8 nitrogen and oxygen atoms in total. The molecule has 0 unspecified atom stereocenters. The van der Waals surface area contributed by atoms with E-state index in [0.717, 1.165) is 74.1 Å². The molecule has 4 aromatic rings. The minimum Gasteiger partial charge on any atom is -0.507 e. The van der Waals surface area contributed by atoms with Crippen LogP contribution in [0.3, 0.4) is 0 Å². The maximum Gasteiger partial charge on any atom is 0.244 e. The number of phenols is 2. The first-order valence-corrected chi connectivity index (χ1v) is 14.3. The van der Waals surface area contributed by atoms with Crippen molar-refractivity contribution in [1.29, 1.82) is 0 Å². The monoisotopic (exact) mass is 540 g/mol. The van der Waals surface area contributed by atoms with E-state index >= 15 is 0 Å². The van der Waals surface area contributed by atoms with E-state index < -0.39 is 0 Å². The lowest BCUT2D eigenvalue weighted by Gasteiger charge is -2.25. The summed E-state index contributed by atoms with van der Waals surface area (Å²) in [5.41, 5.74) is 3.66. The third-order valence-electron chi connectivity index (χ3n) is 7.64. The number of aryl methyl sites for hydroxylation is 2. The van der Waals surface area contributed by atoms with Crippen LogP contribution in [0.4, 0.5) is 0 Å². The minimum atomic E-state index is 0.0377. The Labute approximate surface area is 236 Å². The van der Waals surface area contributed by atoms with E-state index in [1.807, 2.05) is 24.3 Å². The van der Waals surface area contributed by atoms with Crippen molar-refractivity contribution in [3.8, 4) is 11.5 Å². The Morgan fingerprint density at radius 1 is 0.750 bits per heavy atom. The normalized spacial score (nSPS) is 17.8. The number of hydrogen-bond acceptors (Lipinski definition) is 4. The molecule has 1 aliphatic rings. The number of phenolic OH excluding ortho intramolecular Hbond substituents is 2. The van der Waals surface area contributed by atoms with E-state index in [1.165, 1.54) is 0 Å². The number of rotatable bonds is 10. The molecular formula is C32H40N6O2+2. The molecule has 2 aromatic carbocycles. The van der Waals surface area contributed by atoms with Crippen molar-refractivity contribution < 1.29 is 19.3 Å². The Balaban J connectivity index is 1.28. The first-order chi connectivity index (χ1) is 19.5. The van der Waals surface area contributed by atoms with Gasteiger partial charge in [0.15, 0.2) is 0 Å². The topological polar surface area (TPSA) is 82.8 Å². The Morgan fingerprint density at radius 2 is 1.20 bits per heavy atom. The predicted molar refractivity (Wildman–Crippen MR) is 156 cm³/mol. The summed E-state index contributed by atoms with van der Waals surface area (Å²) < 4.78 is 8.53. The molecule has 5 rings (SSSR count). The highest BCUT2D eigenvalue weighted by atomic mass is 16.3. The fourth-order valence-corrected chi connectivity index (χ4v) is 5.26. The first-order valence-electron chi connectivity index (χ1n) is 14.3. The molecule has 1 saturated carbocycles. The van der Waals surface area contributed by atoms with Crippen LogP contribution in [-0.2, 0) is 26.2 Å². The standard InChI is InChI=1S/C32H38N6O2/c1-3-35-13-15-37(23-35)21-25-9-11-31(39)27(17-25)19-33-29-7-5-6-8-30(29)34-20-28-18-26(10-12-32(28)40)22-38-16-14-36(4-2)24-38/h9-20,23-24,29-30H,3-8,21-22H2,1-2H3/p+2/t29-,30-/m1/s1. The van der Waals surface area contributed by atoms with Gasteiger partial charge in [0.1, 0.15) is 49.4 Å². The molecule has 0 bridgehead atoms. The van der Waals surface area contributed by atoms with Crippen molar-refractivity contribution in [3.63, 3.8) is 0 Å². The van der Waals surface area contributed by atoms with Gasteiger partial charge >= 0.3 is 0 Å². The number of hydrogen-bond donors (Lipinski definition) is 2. The SMILES string of the molecule is CCn1cc[n+](Cc2ccc(O)c(C=N[C@@H]3CCCC[C@H]3N=Cc3cc(C[n+]4ccn(CC)c4)ccc3O)c2)c1. The number of aliphatic imine (C=N–C) groups is 2. The largest absolute Gasteiger partial charge is 0.507 e. The molecule has 1 aliphatic carbocycles. The van der Waals surface area contributed by atoms with Crippen molar-refractivity contribution in [1.82, 2.24) is 9.13 Å². The Hall–Kier alpha value is -4.20. The third kappa shape index (κ3) is 6.86. The van der Waals surface area contributed by atoms with Gasteiger partial charge in [-0.2, -0.15) is 0 Å². The quantitative estimate of drug-likeness (QED) is 0.233. The summed E-state index contributed by atoms with van der Waals surface area (Å²) in [6.07, 6.45) is 20.1. The van der Waals surface area contributed by atoms with Crippen LogP contribution >= 0.6 is 0 Å². The van der Waals surface area contributed by atoms with Gasteiger partial charge < -0.3 is 10.2 Å². The second-order valence-corrected chi connectivity index (χ2v) is 10.6. The maximum absolute atomic E-state index is 10.5. The van der Waals surface area contributed by atoms with Crippen LogP contribution < -0.4 is 9.13 Å². The van der Waals surface area contributed by atoms with Crippen molar-refractivity contribution in [3.05, 3.63) is 96.1 Å². The second-order valence-electron chi connectivity index (χ2n) is 10.6. The summed E-state index contributed by atoms with van der Waals surface area (Å²) in [4.78, 5) is 9.80. The molecule has 0 aliphatic heterocycles. The molecule has 0 radical (unpaired) electrons. The lowest BCUT2D eigenvalue weighted by Crippen LogP contribution is -2.31. The fourth-order valence-electron chi connectivity index (χ4n) is 5.26. The summed E-state index contributed by atoms with van der Waals surface area (Å²) in [6.45, 7) is 7.57. The molecule has 0 spiro atoms. The number of aromatic hydroxyl groups is 2. The van der Waals surface area contributed by atoms with Gasteiger partial charge in [0.25, 0.3) is 0 Å². The Bertz CT molecular complexity index is 1370. The van der Waals surface area contributed by atoms with Gasteiger partial charge in [0, 0.05) is 23.6 Å². The highest BCUT2D eigenvalue weighted by molar-refractivity contribution is 5.84. The van der Waals surface area contributed by atoms with Gasteiger partial charge in [-0.1, -0.05) is 25.0 Å². The Morgan fingerprint density at radius 3 is 1.60 bits per heavy atom. The van der Waals surface area contributed by atoms with E-state index in [9.17, 15) is 10.2 Å². The molecular weight excluding hydrogens is 500 g/mol. The molecule has 2 N–H and O–H groups in total. The van der Waals surface area contributed by atoms with Crippen LogP contribution in [-0.4, -0.2) is 43.9 Å². The van der Waals surface area contributed by atoms with Gasteiger partial charge in [-0.05, 0) is 62.1 Å². The zero-order valence-electron chi connectivity index (χ0n) is 23.5. The van der Waals surface area contributed by atoms with E-state index in [-0.39, 0.29) is 23.6 Å². The van der Waals surface area contributed by atoms with Crippen LogP contribution in [0.25, 0.3) is 0 Å². The predicted octanol–water partition coefficient (Wildman–Crippen LogP) is 4.26. The molecule has 8 heteroatoms. The van der Waals surface area contributed by atoms with Gasteiger partial charge in [-0.15, -0.1) is 0 Å². The molecule has 2 atom stereocenters. The summed E-state index contributed by atoms with van der Waals surface area (Å²) in [7, 11) is 0. The smallest absolute Gasteiger partial charge is 0.244 e. The number of benzene rings is 2. The molecule has 0 amide bonds. The molecule has 0 saturated heterocycles. The highest BCUT2D eigenvalue weighted by Crippen LogP contribution is 2.26. The van der Waals surface area contributed by atoms with Crippen LogP contribution in [0.5, 0.6) is 11.5 Å². The lowest BCUT2D eigenvalue weighted by atomic mass is 9.91. The van der Waals surface area contributed by atoms with Crippen LogP contribution in [0, 0.1) is 0 Å². The third-order valence-corrected chi connectivity index (χ3v) is 7.64. The minimum absolute atomic E-state index is 0.0377. The van der Waals surface area contributed by atoms with E-state index in [4.69, 9.17) is 9.98 Å². The van der Waals surface area contributed by atoms with E-state index in [2.05, 4.69) is 69.6 Å². The average molecular weight is 541 g/mol. The molecule has 1 fully saturated rings. The fraction of sp³-hybridized carbons (Fsp3) is 0.375. The van der Waals surface area contributed by atoms with E-state index in [0.29, 0.717) is 0 Å².